The lowest BCUT2D eigenvalue weighted by molar-refractivity contribution is -0.118. The van der Waals surface area contributed by atoms with Crippen LogP contribution in [0.2, 0.25) is 5.02 Å². The molecule has 5 nitrogen and oxygen atoms in total. The number of aliphatic hydroxyl groups is 1. The molecule has 0 saturated carbocycles. The van der Waals surface area contributed by atoms with Gasteiger partial charge in [-0.3, -0.25) is 4.79 Å². The maximum absolute atomic E-state index is 13.5. The normalized spacial score (nSPS) is 17.2. The number of methoxy groups -OCH3 is 1. The standard InChI is InChI=1S/C28H30ClNO4/c1-5-17(2)34-26-16-24-21(14-25(26)33-4)15-27(32)30(23-12-8-19(9-13-23)18(3)31)28(24)20-6-10-22(29)11-7-20/h6-14,16-18,28,31H,5,15H2,1-4H3/t17-,18?,28?/m1/s1. The number of hydrogen-bond acceptors (Lipinski definition) is 4. The molecule has 1 amide bonds. The van der Waals surface area contributed by atoms with Gasteiger partial charge in [0.25, 0.3) is 0 Å². The molecule has 0 fully saturated rings. The number of benzene rings is 3. The van der Waals surface area contributed by atoms with Crippen LogP contribution in [-0.4, -0.2) is 24.2 Å². The first-order valence-corrected chi connectivity index (χ1v) is 11.9. The largest absolute Gasteiger partial charge is 0.493 e. The van der Waals surface area contributed by atoms with Crippen LogP contribution in [0.25, 0.3) is 0 Å². The third-order valence-corrected chi connectivity index (χ3v) is 6.58. The minimum atomic E-state index is -0.577. The van der Waals surface area contributed by atoms with E-state index < -0.39 is 6.10 Å². The first-order chi connectivity index (χ1) is 16.3. The minimum absolute atomic E-state index is 0.0186. The van der Waals surface area contributed by atoms with Gasteiger partial charge in [-0.2, -0.15) is 0 Å². The zero-order valence-corrected chi connectivity index (χ0v) is 20.7. The van der Waals surface area contributed by atoms with E-state index in [9.17, 15) is 9.90 Å². The summed E-state index contributed by atoms with van der Waals surface area (Å²) in [6, 6.07) is 18.6. The molecular weight excluding hydrogens is 450 g/mol. The first-order valence-electron chi connectivity index (χ1n) is 11.5. The highest BCUT2D eigenvalue weighted by Crippen LogP contribution is 2.44. The fraction of sp³-hybridized carbons (Fsp3) is 0.321. The lowest BCUT2D eigenvalue weighted by Crippen LogP contribution is -2.41. The van der Waals surface area contributed by atoms with E-state index >= 15 is 0 Å². The van der Waals surface area contributed by atoms with Crippen molar-refractivity contribution in [3.63, 3.8) is 0 Å². The summed E-state index contributed by atoms with van der Waals surface area (Å²) in [6.45, 7) is 5.82. The van der Waals surface area contributed by atoms with Crippen LogP contribution in [0.5, 0.6) is 11.5 Å². The molecule has 6 heteroatoms. The number of fused-ring (bicyclic) bond motifs is 1. The molecule has 0 aliphatic carbocycles. The summed E-state index contributed by atoms with van der Waals surface area (Å²) in [7, 11) is 1.61. The molecule has 0 radical (unpaired) electrons. The van der Waals surface area contributed by atoms with Gasteiger partial charge in [-0.1, -0.05) is 42.8 Å². The molecular formula is C28H30ClNO4. The van der Waals surface area contributed by atoms with Gasteiger partial charge in [0.2, 0.25) is 5.91 Å². The number of amides is 1. The van der Waals surface area contributed by atoms with E-state index in [4.69, 9.17) is 21.1 Å². The number of carbonyl (C=O) groups excluding carboxylic acids is 1. The van der Waals surface area contributed by atoms with Crippen LogP contribution >= 0.6 is 11.6 Å². The van der Waals surface area contributed by atoms with Crippen LogP contribution in [0.1, 0.15) is 61.6 Å². The van der Waals surface area contributed by atoms with E-state index in [2.05, 4.69) is 6.92 Å². The van der Waals surface area contributed by atoms with Gasteiger partial charge in [0.05, 0.1) is 31.8 Å². The topological polar surface area (TPSA) is 59.0 Å². The van der Waals surface area contributed by atoms with Gasteiger partial charge < -0.3 is 19.5 Å². The predicted octanol–water partition coefficient (Wildman–Crippen LogP) is 6.26. The second-order valence-corrected chi connectivity index (χ2v) is 9.14. The summed E-state index contributed by atoms with van der Waals surface area (Å²) >= 11 is 6.18. The fourth-order valence-electron chi connectivity index (χ4n) is 4.29. The molecule has 3 aromatic rings. The molecule has 1 N–H and O–H groups in total. The molecule has 34 heavy (non-hydrogen) atoms. The van der Waals surface area contributed by atoms with Gasteiger partial charge in [0.1, 0.15) is 0 Å². The lowest BCUT2D eigenvalue weighted by Gasteiger charge is -2.38. The quantitative estimate of drug-likeness (QED) is 0.434. The van der Waals surface area contributed by atoms with E-state index in [0.29, 0.717) is 16.5 Å². The fourth-order valence-corrected chi connectivity index (χ4v) is 4.41. The van der Waals surface area contributed by atoms with Crippen molar-refractivity contribution >= 4 is 23.2 Å². The second kappa shape index (κ2) is 10.1. The van der Waals surface area contributed by atoms with Crippen molar-refractivity contribution in [2.24, 2.45) is 0 Å². The molecule has 0 saturated heterocycles. The van der Waals surface area contributed by atoms with E-state index in [1.165, 1.54) is 0 Å². The van der Waals surface area contributed by atoms with Crippen LogP contribution in [0.15, 0.2) is 60.7 Å². The number of anilines is 1. The predicted molar refractivity (Wildman–Crippen MR) is 135 cm³/mol. The Morgan fingerprint density at radius 2 is 1.74 bits per heavy atom. The second-order valence-electron chi connectivity index (χ2n) is 8.70. The van der Waals surface area contributed by atoms with Gasteiger partial charge in [-0.05, 0) is 78.9 Å². The third kappa shape index (κ3) is 4.77. The molecule has 0 spiro atoms. The molecule has 3 aromatic carbocycles. The van der Waals surface area contributed by atoms with Crippen LogP contribution in [0.4, 0.5) is 5.69 Å². The molecule has 1 aliphatic rings. The monoisotopic (exact) mass is 479 g/mol. The third-order valence-electron chi connectivity index (χ3n) is 6.33. The molecule has 2 unspecified atom stereocenters. The molecule has 178 valence electrons. The summed E-state index contributed by atoms with van der Waals surface area (Å²) in [5.74, 6) is 1.26. The van der Waals surface area contributed by atoms with Crippen molar-refractivity contribution in [3.05, 3.63) is 87.9 Å². The number of hydrogen-bond donors (Lipinski definition) is 1. The van der Waals surface area contributed by atoms with Crippen molar-refractivity contribution < 1.29 is 19.4 Å². The number of ether oxygens (including phenoxy) is 2. The summed E-state index contributed by atoms with van der Waals surface area (Å²) in [6.07, 6.45) is 0.556. The summed E-state index contributed by atoms with van der Waals surface area (Å²) in [5.41, 5.74) is 4.40. The van der Waals surface area contributed by atoms with Crippen molar-refractivity contribution in [3.8, 4) is 11.5 Å². The Bertz CT molecular complexity index is 1160. The minimum Gasteiger partial charge on any atom is -0.493 e. The molecule has 0 aromatic heterocycles. The Morgan fingerprint density at radius 3 is 2.32 bits per heavy atom. The molecule has 1 aliphatic heterocycles. The maximum Gasteiger partial charge on any atom is 0.232 e. The maximum atomic E-state index is 13.5. The number of carbonyl (C=O) groups is 1. The zero-order chi connectivity index (χ0) is 24.4. The number of rotatable bonds is 7. The van der Waals surface area contributed by atoms with Gasteiger partial charge in [0.15, 0.2) is 11.5 Å². The van der Waals surface area contributed by atoms with Gasteiger partial charge in [0, 0.05) is 10.7 Å². The van der Waals surface area contributed by atoms with Gasteiger partial charge >= 0.3 is 0 Å². The van der Waals surface area contributed by atoms with Crippen molar-refractivity contribution in [1.82, 2.24) is 0 Å². The molecule has 3 atom stereocenters. The number of halogens is 1. The van der Waals surface area contributed by atoms with Crippen LogP contribution < -0.4 is 14.4 Å². The smallest absolute Gasteiger partial charge is 0.232 e. The van der Waals surface area contributed by atoms with Crippen LogP contribution in [0.3, 0.4) is 0 Å². The van der Waals surface area contributed by atoms with Crippen molar-refractivity contribution in [1.29, 1.82) is 0 Å². The van der Waals surface area contributed by atoms with Crippen LogP contribution in [0, 0.1) is 0 Å². The van der Waals surface area contributed by atoms with E-state index in [-0.39, 0.29) is 24.5 Å². The number of nitrogens with zero attached hydrogens (tertiary/aromatic N) is 1. The highest BCUT2D eigenvalue weighted by Gasteiger charge is 2.36. The lowest BCUT2D eigenvalue weighted by atomic mass is 9.86. The molecule has 0 bridgehead atoms. The molecule has 4 rings (SSSR count). The number of aliphatic hydroxyl groups excluding tert-OH is 1. The zero-order valence-electron chi connectivity index (χ0n) is 19.9. The van der Waals surface area contributed by atoms with Crippen LogP contribution in [-0.2, 0) is 11.2 Å². The van der Waals surface area contributed by atoms with E-state index in [1.807, 2.05) is 72.5 Å². The highest BCUT2D eigenvalue weighted by atomic mass is 35.5. The average Bonchev–Trinajstić information content (AvgIpc) is 2.83. The Balaban J connectivity index is 1.88. The van der Waals surface area contributed by atoms with E-state index in [1.54, 1.807) is 14.0 Å². The van der Waals surface area contributed by atoms with Crippen molar-refractivity contribution in [2.75, 3.05) is 12.0 Å². The van der Waals surface area contributed by atoms with E-state index in [0.717, 1.165) is 34.4 Å². The summed E-state index contributed by atoms with van der Waals surface area (Å²) < 4.78 is 11.8. The first kappa shape index (κ1) is 24.1. The molecule has 1 heterocycles. The van der Waals surface area contributed by atoms with Gasteiger partial charge in [-0.15, -0.1) is 0 Å². The highest BCUT2D eigenvalue weighted by molar-refractivity contribution is 6.30. The summed E-state index contributed by atoms with van der Waals surface area (Å²) in [4.78, 5) is 15.3. The Labute approximate surface area is 205 Å². The van der Waals surface area contributed by atoms with Crippen molar-refractivity contribution in [2.45, 2.75) is 51.9 Å². The Morgan fingerprint density at radius 1 is 1.06 bits per heavy atom. The summed E-state index contributed by atoms with van der Waals surface area (Å²) in [5, 5.41) is 10.6. The SMILES string of the molecule is CC[C@@H](C)Oc1cc2c(cc1OC)CC(=O)N(c1ccc(C(C)O)cc1)C2c1ccc(Cl)cc1. The Hall–Kier alpha value is -3.02. The Kier molecular flexibility index (Phi) is 7.15. The average molecular weight is 480 g/mol. The van der Waals surface area contributed by atoms with Gasteiger partial charge in [-0.25, -0.2) is 0 Å².